The fraction of sp³-hybridized carbons (Fsp3) is 0.250. The fourth-order valence-electron chi connectivity index (χ4n) is 1.68. The van der Waals surface area contributed by atoms with Gasteiger partial charge < -0.3 is 5.32 Å². The lowest BCUT2D eigenvalue weighted by Gasteiger charge is -2.00. The third-order valence-electron chi connectivity index (χ3n) is 2.56. The van der Waals surface area contributed by atoms with Crippen molar-refractivity contribution in [2.75, 3.05) is 7.05 Å². The van der Waals surface area contributed by atoms with Gasteiger partial charge in [0, 0.05) is 19.2 Å². The quantitative estimate of drug-likeness (QED) is 0.911. The van der Waals surface area contributed by atoms with Crippen LogP contribution in [0.1, 0.15) is 5.69 Å². The van der Waals surface area contributed by atoms with Crippen molar-refractivity contribution in [1.82, 2.24) is 15.1 Å². The van der Waals surface area contributed by atoms with E-state index < -0.39 is 0 Å². The molecule has 0 atom stereocenters. The molecule has 1 N–H and O–H groups in total. The number of aromatic nitrogens is 2. The van der Waals surface area contributed by atoms with Crippen molar-refractivity contribution >= 4 is 11.6 Å². The van der Waals surface area contributed by atoms with Crippen molar-refractivity contribution in [2.45, 2.75) is 6.54 Å². The number of hydrogen-bond donors (Lipinski definition) is 1. The minimum atomic E-state index is -0.267. The van der Waals surface area contributed by atoms with Crippen molar-refractivity contribution in [3.8, 4) is 11.3 Å². The Bertz CT molecular complexity index is 519. The molecule has 0 aliphatic heterocycles. The van der Waals surface area contributed by atoms with Crippen LogP contribution in [0.25, 0.3) is 11.3 Å². The van der Waals surface area contributed by atoms with Crippen LogP contribution in [0.3, 0.4) is 0 Å². The van der Waals surface area contributed by atoms with E-state index in [1.807, 2.05) is 14.1 Å². The fourth-order valence-corrected chi connectivity index (χ4v) is 2.02. The van der Waals surface area contributed by atoms with E-state index >= 15 is 0 Å². The Kier molecular flexibility index (Phi) is 3.45. The highest BCUT2D eigenvalue weighted by atomic mass is 35.5. The summed E-state index contributed by atoms with van der Waals surface area (Å²) in [6.07, 6.45) is 0. The van der Waals surface area contributed by atoms with E-state index in [1.165, 1.54) is 12.1 Å². The smallest absolute Gasteiger partial charge is 0.123 e. The molecule has 0 spiro atoms. The van der Waals surface area contributed by atoms with Crippen molar-refractivity contribution < 1.29 is 4.39 Å². The monoisotopic (exact) mass is 253 g/mol. The van der Waals surface area contributed by atoms with Gasteiger partial charge in [0.15, 0.2) is 0 Å². The Labute approximate surface area is 104 Å². The first-order valence-electron chi connectivity index (χ1n) is 5.25. The summed E-state index contributed by atoms with van der Waals surface area (Å²) in [5, 5.41) is 7.99. The lowest BCUT2D eigenvalue weighted by Crippen LogP contribution is -2.09. The molecular formula is C12H13ClFN3. The van der Waals surface area contributed by atoms with Crippen LogP contribution >= 0.6 is 11.6 Å². The topological polar surface area (TPSA) is 29.9 Å². The summed E-state index contributed by atoms with van der Waals surface area (Å²) >= 11 is 6.27. The molecule has 0 aliphatic rings. The van der Waals surface area contributed by atoms with Gasteiger partial charge in [0.25, 0.3) is 0 Å². The Morgan fingerprint density at radius 3 is 2.59 bits per heavy atom. The molecule has 90 valence electrons. The van der Waals surface area contributed by atoms with Gasteiger partial charge in [-0.3, -0.25) is 4.68 Å². The summed E-state index contributed by atoms with van der Waals surface area (Å²) in [5.74, 6) is -0.267. The van der Waals surface area contributed by atoms with Gasteiger partial charge in [0.2, 0.25) is 0 Å². The minimum Gasteiger partial charge on any atom is -0.314 e. The molecule has 0 radical (unpaired) electrons. The molecule has 0 amide bonds. The Hall–Kier alpha value is -1.39. The summed E-state index contributed by atoms with van der Waals surface area (Å²) in [7, 11) is 3.69. The van der Waals surface area contributed by atoms with Crippen molar-refractivity contribution in [1.29, 1.82) is 0 Å². The second-order valence-corrected chi connectivity index (χ2v) is 4.15. The second kappa shape index (κ2) is 4.85. The average Bonchev–Trinajstić information content (AvgIpc) is 2.59. The number of nitrogens with one attached hydrogen (secondary N) is 1. The summed E-state index contributed by atoms with van der Waals surface area (Å²) in [6, 6.07) is 6.15. The van der Waals surface area contributed by atoms with E-state index in [9.17, 15) is 4.39 Å². The first-order valence-corrected chi connectivity index (χ1v) is 5.63. The molecule has 5 heteroatoms. The molecular weight excluding hydrogens is 241 g/mol. The summed E-state index contributed by atoms with van der Waals surface area (Å²) in [5.41, 5.74) is 2.40. The molecule has 0 unspecified atom stereocenters. The first-order chi connectivity index (χ1) is 8.13. The van der Waals surface area contributed by atoms with Crippen molar-refractivity contribution in [2.24, 2.45) is 7.05 Å². The molecule has 1 aromatic heterocycles. The lowest BCUT2D eigenvalue weighted by molar-refractivity contribution is 0.628. The SMILES string of the molecule is CNCc1c(Cl)c(-c2ccc(F)cc2)nn1C. The lowest BCUT2D eigenvalue weighted by atomic mass is 10.1. The number of benzene rings is 1. The number of hydrogen-bond acceptors (Lipinski definition) is 2. The molecule has 0 saturated carbocycles. The van der Waals surface area contributed by atoms with Gasteiger partial charge in [-0.1, -0.05) is 11.6 Å². The van der Waals surface area contributed by atoms with E-state index in [4.69, 9.17) is 11.6 Å². The van der Waals surface area contributed by atoms with E-state index in [-0.39, 0.29) is 5.82 Å². The molecule has 3 nitrogen and oxygen atoms in total. The molecule has 17 heavy (non-hydrogen) atoms. The molecule has 0 bridgehead atoms. The second-order valence-electron chi connectivity index (χ2n) is 3.77. The van der Waals surface area contributed by atoms with Crippen molar-refractivity contribution in [3.63, 3.8) is 0 Å². The third kappa shape index (κ3) is 2.33. The van der Waals surface area contributed by atoms with Gasteiger partial charge in [-0.25, -0.2) is 4.39 Å². The zero-order chi connectivity index (χ0) is 12.4. The van der Waals surface area contributed by atoms with Crippen LogP contribution in [0.4, 0.5) is 4.39 Å². The number of halogens is 2. The molecule has 2 rings (SSSR count). The standard InChI is InChI=1S/C12H13ClFN3/c1-15-7-10-11(13)12(16-17(10)2)8-3-5-9(14)6-4-8/h3-6,15H,7H2,1-2H3. The molecule has 0 aliphatic carbocycles. The third-order valence-corrected chi connectivity index (χ3v) is 2.96. The summed E-state index contributed by atoms with van der Waals surface area (Å²) < 4.78 is 14.6. The van der Waals surface area contributed by atoms with Gasteiger partial charge in [-0.2, -0.15) is 5.10 Å². The van der Waals surface area contributed by atoms with E-state index in [1.54, 1.807) is 16.8 Å². The van der Waals surface area contributed by atoms with Gasteiger partial charge in [-0.05, 0) is 31.3 Å². The highest BCUT2D eigenvalue weighted by Gasteiger charge is 2.14. The largest absolute Gasteiger partial charge is 0.314 e. The normalized spacial score (nSPS) is 10.8. The van der Waals surface area contributed by atoms with E-state index in [2.05, 4.69) is 10.4 Å². The number of aryl methyl sites for hydroxylation is 1. The average molecular weight is 254 g/mol. The molecule has 1 aromatic carbocycles. The maximum atomic E-state index is 12.8. The van der Waals surface area contributed by atoms with Crippen LogP contribution in [-0.2, 0) is 13.6 Å². The molecule has 1 heterocycles. The van der Waals surface area contributed by atoms with Crippen LogP contribution in [0.15, 0.2) is 24.3 Å². The Morgan fingerprint density at radius 2 is 2.00 bits per heavy atom. The summed E-state index contributed by atoms with van der Waals surface area (Å²) in [4.78, 5) is 0. The van der Waals surface area contributed by atoms with Gasteiger partial charge in [0.1, 0.15) is 11.5 Å². The summed E-state index contributed by atoms with van der Waals surface area (Å²) in [6.45, 7) is 0.642. The number of rotatable bonds is 3. The van der Waals surface area contributed by atoms with Gasteiger partial charge >= 0.3 is 0 Å². The van der Waals surface area contributed by atoms with Gasteiger partial charge in [-0.15, -0.1) is 0 Å². The first kappa shape index (κ1) is 12.1. The van der Waals surface area contributed by atoms with Crippen molar-refractivity contribution in [3.05, 3.63) is 40.8 Å². The maximum absolute atomic E-state index is 12.8. The van der Waals surface area contributed by atoms with E-state index in [0.29, 0.717) is 17.3 Å². The van der Waals surface area contributed by atoms with Gasteiger partial charge in [0.05, 0.1) is 10.7 Å². The van der Waals surface area contributed by atoms with Crippen LogP contribution < -0.4 is 5.32 Å². The highest BCUT2D eigenvalue weighted by Crippen LogP contribution is 2.29. The molecule has 0 fully saturated rings. The maximum Gasteiger partial charge on any atom is 0.123 e. The Morgan fingerprint density at radius 1 is 1.35 bits per heavy atom. The number of nitrogens with zero attached hydrogens (tertiary/aromatic N) is 2. The van der Waals surface area contributed by atoms with Crippen LogP contribution in [-0.4, -0.2) is 16.8 Å². The predicted molar refractivity (Wildman–Crippen MR) is 66.4 cm³/mol. The highest BCUT2D eigenvalue weighted by molar-refractivity contribution is 6.33. The zero-order valence-corrected chi connectivity index (χ0v) is 10.4. The molecule has 2 aromatic rings. The van der Waals surface area contributed by atoms with Crippen LogP contribution in [0, 0.1) is 5.82 Å². The predicted octanol–water partition coefficient (Wildman–Crippen LogP) is 2.60. The van der Waals surface area contributed by atoms with Crippen LogP contribution in [0.2, 0.25) is 5.02 Å². The van der Waals surface area contributed by atoms with E-state index in [0.717, 1.165) is 11.3 Å². The minimum absolute atomic E-state index is 0.267. The Balaban J connectivity index is 2.46. The van der Waals surface area contributed by atoms with Crippen LogP contribution in [0.5, 0.6) is 0 Å². The zero-order valence-electron chi connectivity index (χ0n) is 9.67. The molecule has 0 saturated heterocycles.